The lowest BCUT2D eigenvalue weighted by molar-refractivity contribution is -0.385. The van der Waals surface area contributed by atoms with Crippen LogP contribution in [-0.2, 0) is 6.54 Å². The van der Waals surface area contributed by atoms with Crippen molar-refractivity contribution in [2.75, 3.05) is 0 Å². The maximum absolute atomic E-state index is 12.2. The number of carbonyl (C=O) groups is 1. The van der Waals surface area contributed by atoms with Crippen molar-refractivity contribution in [2.24, 2.45) is 5.73 Å². The molecule has 3 heterocycles. The minimum atomic E-state index is -1.05. The van der Waals surface area contributed by atoms with Crippen molar-refractivity contribution in [1.82, 2.24) is 14.7 Å². The average molecular weight is 347 g/mol. The third kappa shape index (κ3) is 2.92. The smallest absolute Gasteiger partial charge is 0.286 e. The number of aromatic nitrogens is 3. The number of hydrogen-bond donors (Lipinski definition) is 1. The molecule has 0 aliphatic heterocycles. The van der Waals surface area contributed by atoms with Crippen molar-refractivity contribution in [3.63, 3.8) is 0 Å². The van der Waals surface area contributed by atoms with Crippen LogP contribution >= 0.6 is 11.3 Å². The van der Waals surface area contributed by atoms with Crippen LogP contribution in [0.15, 0.2) is 39.1 Å². The van der Waals surface area contributed by atoms with Crippen LogP contribution in [0, 0.1) is 10.1 Å². The molecule has 0 saturated carbocycles. The maximum atomic E-state index is 12.2. The van der Waals surface area contributed by atoms with Gasteiger partial charge in [-0.05, 0) is 11.4 Å². The minimum Gasteiger partial charge on any atom is -0.365 e. The van der Waals surface area contributed by atoms with E-state index in [1.54, 1.807) is 6.07 Å². The first-order valence-corrected chi connectivity index (χ1v) is 7.39. The molecule has 0 aromatic carbocycles. The quantitative estimate of drug-likeness (QED) is 0.535. The Bertz CT molecular complexity index is 975. The Hall–Kier alpha value is -3.34. The summed E-state index contributed by atoms with van der Waals surface area (Å²) in [5, 5.41) is 16.6. The lowest BCUT2D eigenvalue weighted by Crippen LogP contribution is -2.30. The molecule has 0 unspecified atom stereocenters. The van der Waals surface area contributed by atoms with E-state index in [0.29, 0.717) is 5.82 Å². The minimum absolute atomic E-state index is 0.0661. The summed E-state index contributed by atoms with van der Waals surface area (Å²) in [6.07, 6.45) is 0.990. The van der Waals surface area contributed by atoms with Crippen LogP contribution in [0.25, 0.3) is 10.7 Å². The van der Waals surface area contributed by atoms with E-state index in [-0.39, 0.29) is 12.4 Å². The lowest BCUT2D eigenvalue weighted by atomic mass is 10.2. The van der Waals surface area contributed by atoms with Crippen LogP contribution in [0.4, 0.5) is 5.69 Å². The molecule has 10 nitrogen and oxygen atoms in total. The number of hydrogen-bond acceptors (Lipinski definition) is 8. The van der Waals surface area contributed by atoms with Gasteiger partial charge in [0.15, 0.2) is 0 Å². The van der Waals surface area contributed by atoms with Gasteiger partial charge in [-0.2, -0.15) is 4.98 Å². The first-order chi connectivity index (χ1) is 11.5. The summed E-state index contributed by atoms with van der Waals surface area (Å²) in [5.74, 6) is -0.646. The molecule has 3 aromatic rings. The molecule has 0 atom stereocenters. The van der Waals surface area contributed by atoms with E-state index in [1.165, 1.54) is 11.3 Å². The van der Waals surface area contributed by atoms with Crippen LogP contribution in [-0.4, -0.2) is 25.5 Å². The van der Waals surface area contributed by atoms with E-state index in [0.717, 1.165) is 21.7 Å². The zero-order valence-electron chi connectivity index (χ0n) is 11.9. The van der Waals surface area contributed by atoms with Crippen molar-refractivity contribution in [1.29, 1.82) is 0 Å². The molecular formula is C13H9N5O5S. The molecule has 1 amide bonds. The van der Waals surface area contributed by atoms with E-state index < -0.39 is 27.6 Å². The van der Waals surface area contributed by atoms with E-state index >= 15 is 0 Å². The second-order valence-corrected chi connectivity index (χ2v) is 5.60. The molecule has 122 valence electrons. The Morgan fingerprint density at radius 1 is 1.50 bits per heavy atom. The number of pyridine rings is 1. The zero-order chi connectivity index (χ0) is 17.3. The molecule has 24 heavy (non-hydrogen) atoms. The Morgan fingerprint density at radius 3 is 2.92 bits per heavy atom. The van der Waals surface area contributed by atoms with Crippen LogP contribution in [0.1, 0.15) is 16.2 Å². The normalized spacial score (nSPS) is 10.7. The van der Waals surface area contributed by atoms with E-state index in [2.05, 4.69) is 10.1 Å². The van der Waals surface area contributed by atoms with Crippen LogP contribution in [0.5, 0.6) is 0 Å². The number of primary amides is 1. The summed E-state index contributed by atoms with van der Waals surface area (Å²) < 4.78 is 5.98. The molecule has 3 aromatic heterocycles. The van der Waals surface area contributed by atoms with E-state index in [1.807, 2.05) is 11.4 Å². The SMILES string of the molecule is NC(=O)c1cc([N+](=O)[O-])cn(Cc2nc(-c3cccs3)no2)c1=O. The number of nitro groups is 1. The van der Waals surface area contributed by atoms with Crippen molar-refractivity contribution in [3.05, 3.63) is 61.7 Å². The summed E-state index contributed by atoms with van der Waals surface area (Å²) >= 11 is 1.41. The highest BCUT2D eigenvalue weighted by Crippen LogP contribution is 2.21. The number of nitrogens with zero attached hydrogens (tertiary/aromatic N) is 4. The molecule has 3 rings (SSSR count). The molecule has 0 radical (unpaired) electrons. The lowest BCUT2D eigenvalue weighted by Gasteiger charge is -2.04. The number of thiophene rings is 1. The van der Waals surface area contributed by atoms with E-state index in [4.69, 9.17) is 10.3 Å². The first kappa shape index (κ1) is 15.6. The van der Waals surface area contributed by atoms with Crippen molar-refractivity contribution in [3.8, 4) is 10.7 Å². The predicted molar refractivity (Wildman–Crippen MR) is 82.6 cm³/mol. The summed E-state index contributed by atoms with van der Waals surface area (Å²) in [6, 6.07) is 4.45. The topological polar surface area (TPSA) is 147 Å². The fourth-order valence-electron chi connectivity index (χ4n) is 1.98. The van der Waals surface area contributed by atoms with Gasteiger partial charge >= 0.3 is 0 Å². The maximum Gasteiger partial charge on any atom is 0.286 e. The van der Waals surface area contributed by atoms with Gasteiger partial charge in [0.25, 0.3) is 17.2 Å². The summed E-state index contributed by atoms with van der Waals surface area (Å²) in [5.41, 5.74) is 3.39. The third-order valence-electron chi connectivity index (χ3n) is 3.06. The van der Waals surface area contributed by atoms with Crippen molar-refractivity contribution < 1.29 is 14.2 Å². The van der Waals surface area contributed by atoms with Gasteiger partial charge in [-0.15, -0.1) is 11.3 Å². The number of nitrogens with two attached hydrogens (primary N) is 1. The Morgan fingerprint density at radius 2 is 2.29 bits per heavy atom. The standard InChI is InChI=1S/C13H9N5O5S/c14-11(19)8-4-7(18(21)22)5-17(13(8)20)6-10-15-12(16-23-10)9-2-1-3-24-9/h1-5H,6H2,(H2,14,19). The highest BCUT2D eigenvalue weighted by Gasteiger charge is 2.19. The van der Waals surface area contributed by atoms with Gasteiger partial charge in [0.05, 0.1) is 16.0 Å². The van der Waals surface area contributed by atoms with Gasteiger partial charge < -0.3 is 10.3 Å². The molecular weight excluding hydrogens is 338 g/mol. The van der Waals surface area contributed by atoms with Gasteiger partial charge in [0.1, 0.15) is 12.1 Å². The third-order valence-corrected chi connectivity index (χ3v) is 3.93. The average Bonchev–Trinajstić information content (AvgIpc) is 3.19. The molecule has 2 N–H and O–H groups in total. The van der Waals surface area contributed by atoms with Crippen molar-refractivity contribution >= 4 is 22.9 Å². The zero-order valence-corrected chi connectivity index (χ0v) is 12.7. The van der Waals surface area contributed by atoms with Gasteiger partial charge in [-0.25, -0.2) is 0 Å². The van der Waals surface area contributed by atoms with Gasteiger partial charge in [-0.1, -0.05) is 11.2 Å². The Labute approximate surface area is 137 Å². The summed E-state index contributed by atoms with van der Waals surface area (Å²) in [4.78, 5) is 38.6. The second kappa shape index (κ2) is 6.04. The first-order valence-electron chi connectivity index (χ1n) is 6.51. The second-order valence-electron chi connectivity index (χ2n) is 4.66. The van der Waals surface area contributed by atoms with Gasteiger partial charge in [0.2, 0.25) is 11.7 Å². The van der Waals surface area contributed by atoms with Crippen LogP contribution < -0.4 is 11.3 Å². The Balaban J connectivity index is 1.99. The molecule has 0 fully saturated rings. The number of carbonyl (C=O) groups excluding carboxylic acids is 1. The fourth-order valence-corrected chi connectivity index (χ4v) is 2.63. The molecule has 0 bridgehead atoms. The van der Waals surface area contributed by atoms with Gasteiger partial charge in [0, 0.05) is 6.07 Å². The largest absolute Gasteiger partial charge is 0.365 e. The summed E-state index contributed by atoms with van der Waals surface area (Å²) in [6.45, 7) is -0.223. The molecule has 0 aliphatic carbocycles. The number of amides is 1. The van der Waals surface area contributed by atoms with Gasteiger partial charge in [-0.3, -0.25) is 24.3 Å². The fraction of sp³-hybridized carbons (Fsp3) is 0.0769. The van der Waals surface area contributed by atoms with Crippen LogP contribution in [0.2, 0.25) is 0 Å². The molecule has 0 aliphatic rings. The van der Waals surface area contributed by atoms with Crippen LogP contribution in [0.3, 0.4) is 0 Å². The molecule has 11 heteroatoms. The van der Waals surface area contributed by atoms with E-state index in [9.17, 15) is 19.7 Å². The Kier molecular flexibility index (Phi) is 3.92. The summed E-state index contributed by atoms with van der Waals surface area (Å²) in [7, 11) is 0. The highest BCUT2D eigenvalue weighted by molar-refractivity contribution is 7.13. The highest BCUT2D eigenvalue weighted by atomic mass is 32.1. The predicted octanol–water partition coefficient (Wildman–Crippen LogP) is 1.02. The number of rotatable bonds is 5. The monoisotopic (exact) mass is 347 g/mol. The molecule has 0 spiro atoms. The van der Waals surface area contributed by atoms with Crippen molar-refractivity contribution in [2.45, 2.75) is 6.54 Å². The molecule has 0 saturated heterocycles.